The van der Waals surface area contributed by atoms with Gasteiger partial charge >= 0.3 is 5.97 Å². The minimum absolute atomic E-state index is 0.155. The average molecular weight is 452 g/mol. The lowest BCUT2D eigenvalue weighted by molar-refractivity contribution is 0.0686. The van der Waals surface area contributed by atoms with Crippen LogP contribution in [0.25, 0.3) is 11.1 Å². The summed E-state index contributed by atoms with van der Waals surface area (Å²) in [5.74, 6) is -9.09. The molecular weight excluding hydrogens is 427 g/mol. The number of carbonyl (C=O) groups is 1. The number of carboxylic acids is 1. The molecule has 1 aliphatic rings. The molecule has 2 aromatic carbocycles. The molecule has 2 aromatic rings. The number of benzene rings is 2. The van der Waals surface area contributed by atoms with E-state index in [1.165, 1.54) is 0 Å². The number of halogens is 5. The fraction of sp³-hybridized carbons (Fsp3) is 0.400. The first-order chi connectivity index (χ1) is 15.2. The number of aromatic carboxylic acids is 1. The highest BCUT2D eigenvalue weighted by atomic mass is 19.2. The molecule has 0 aliphatic heterocycles. The van der Waals surface area contributed by atoms with Gasteiger partial charge in [-0.3, -0.25) is 0 Å². The van der Waals surface area contributed by atoms with Crippen molar-refractivity contribution >= 4 is 5.97 Å². The van der Waals surface area contributed by atoms with E-state index in [0.717, 1.165) is 38.2 Å². The maximum Gasteiger partial charge on any atom is 0.341 e. The second-order valence-corrected chi connectivity index (χ2v) is 8.29. The van der Waals surface area contributed by atoms with E-state index >= 15 is 4.39 Å². The predicted molar refractivity (Wildman–Crippen MR) is 112 cm³/mol. The molecule has 0 unspecified atom stereocenters. The normalized spacial score (nSPS) is 18.9. The van der Waals surface area contributed by atoms with Gasteiger partial charge in [0.05, 0.1) is 0 Å². The smallest absolute Gasteiger partial charge is 0.341 e. The summed E-state index contributed by atoms with van der Waals surface area (Å²) in [6, 6.07) is 2.16. The summed E-state index contributed by atoms with van der Waals surface area (Å²) in [6.07, 6.45) is 10.1. The third-order valence-corrected chi connectivity index (χ3v) is 6.24. The highest BCUT2D eigenvalue weighted by molar-refractivity contribution is 5.91. The fourth-order valence-electron chi connectivity index (χ4n) is 4.60. The number of allylic oxidation sites excluding steroid dienone is 2. The molecule has 0 radical (unpaired) electrons. The van der Waals surface area contributed by atoms with Crippen LogP contribution in [0.2, 0.25) is 0 Å². The summed E-state index contributed by atoms with van der Waals surface area (Å²) in [6.45, 7) is 1.97. The Labute approximate surface area is 183 Å². The van der Waals surface area contributed by atoms with Crippen LogP contribution in [-0.4, -0.2) is 11.1 Å². The Bertz CT molecular complexity index is 1000. The van der Waals surface area contributed by atoms with E-state index in [0.29, 0.717) is 30.9 Å². The highest BCUT2D eigenvalue weighted by Crippen LogP contribution is 2.43. The van der Waals surface area contributed by atoms with Crippen LogP contribution in [0.3, 0.4) is 0 Å². The molecule has 7 heteroatoms. The molecule has 1 aliphatic carbocycles. The van der Waals surface area contributed by atoms with Crippen LogP contribution in [-0.2, 0) is 0 Å². The Morgan fingerprint density at radius 1 is 0.969 bits per heavy atom. The number of hydrogen-bond acceptors (Lipinski definition) is 1. The third kappa shape index (κ3) is 5.03. The van der Waals surface area contributed by atoms with Gasteiger partial charge in [-0.2, -0.15) is 0 Å². The van der Waals surface area contributed by atoms with Crippen molar-refractivity contribution < 1.29 is 31.9 Å². The van der Waals surface area contributed by atoms with E-state index in [9.17, 15) is 27.5 Å². The minimum Gasteiger partial charge on any atom is -0.477 e. The Morgan fingerprint density at radius 2 is 1.59 bits per heavy atom. The minimum atomic E-state index is -1.83. The second kappa shape index (κ2) is 10.3. The topological polar surface area (TPSA) is 37.3 Å². The van der Waals surface area contributed by atoms with Gasteiger partial charge in [0.1, 0.15) is 17.2 Å². The maximum atomic E-state index is 15.2. The van der Waals surface area contributed by atoms with Gasteiger partial charge in [0.25, 0.3) is 0 Å². The first-order valence-corrected chi connectivity index (χ1v) is 10.8. The number of hydrogen-bond donors (Lipinski definition) is 1. The quantitative estimate of drug-likeness (QED) is 0.202. The van der Waals surface area contributed by atoms with Crippen molar-refractivity contribution in [3.63, 3.8) is 0 Å². The summed E-state index contributed by atoms with van der Waals surface area (Å²) in [5, 5.41) is 9.23. The van der Waals surface area contributed by atoms with Gasteiger partial charge in [0, 0.05) is 5.56 Å². The molecule has 0 saturated heterocycles. The molecule has 1 saturated carbocycles. The monoisotopic (exact) mass is 452 g/mol. The Hall–Kier alpha value is -2.70. The predicted octanol–water partition coefficient (Wildman–Crippen LogP) is 7.77. The summed E-state index contributed by atoms with van der Waals surface area (Å²) in [4.78, 5) is 11.4. The van der Waals surface area contributed by atoms with E-state index in [-0.39, 0.29) is 17.0 Å². The number of carboxylic acid groups (broad SMARTS) is 1. The van der Waals surface area contributed by atoms with Crippen molar-refractivity contribution in [2.24, 2.45) is 5.92 Å². The van der Waals surface area contributed by atoms with Gasteiger partial charge < -0.3 is 5.11 Å². The summed E-state index contributed by atoms with van der Waals surface area (Å²) < 4.78 is 70.9. The zero-order valence-corrected chi connectivity index (χ0v) is 17.7. The molecule has 2 nitrogen and oxygen atoms in total. The molecule has 1 fully saturated rings. The van der Waals surface area contributed by atoms with Crippen molar-refractivity contribution in [3.8, 4) is 11.1 Å². The molecule has 0 spiro atoms. The van der Waals surface area contributed by atoms with Crippen molar-refractivity contribution in [2.45, 2.75) is 57.8 Å². The molecule has 0 aromatic heterocycles. The van der Waals surface area contributed by atoms with E-state index in [1.54, 1.807) is 0 Å². The summed E-state index contributed by atoms with van der Waals surface area (Å²) in [7, 11) is 0. The summed E-state index contributed by atoms with van der Waals surface area (Å²) in [5.41, 5.74) is -1.79. The fourth-order valence-corrected chi connectivity index (χ4v) is 4.60. The first kappa shape index (κ1) is 24.0. The van der Waals surface area contributed by atoms with Crippen LogP contribution in [0.5, 0.6) is 0 Å². The summed E-state index contributed by atoms with van der Waals surface area (Å²) >= 11 is 0. The Morgan fingerprint density at radius 3 is 2.16 bits per heavy atom. The third-order valence-electron chi connectivity index (χ3n) is 6.24. The van der Waals surface area contributed by atoms with Gasteiger partial charge in [-0.25, -0.2) is 26.7 Å². The van der Waals surface area contributed by atoms with Gasteiger partial charge in [0.15, 0.2) is 17.5 Å². The van der Waals surface area contributed by atoms with E-state index in [4.69, 9.17) is 0 Å². The highest BCUT2D eigenvalue weighted by Gasteiger charge is 2.31. The SMILES string of the molecule is C/C=C/CCC[C@H]1CC[C@H](c2cc(F)c(C(=O)O)c(F)c2-c2cc(F)c(F)c(F)c2)CC1. The Balaban J connectivity index is 1.97. The molecule has 0 heterocycles. The van der Waals surface area contributed by atoms with Crippen molar-refractivity contribution in [1.29, 1.82) is 0 Å². The van der Waals surface area contributed by atoms with Crippen LogP contribution < -0.4 is 0 Å². The van der Waals surface area contributed by atoms with Crippen LogP contribution in [0.4, 0.5) is 22.0 Å². The lowest BCUT2D eigenvalue weighted by atomic mass is 9.75. The molecule has 3 rings (SSSR count). The lowest BCUT2D eigenvalue weighted by Crippen LogP contribution is -2.16. The van der Waals surface area contributed by atoms with Crippen molar-refractivity contribution in [2.75, 3.05) is 0 Å². The molecule has 172 valence electrons. The molecule has 0 amide bonds. The van der Waals surface area contributed by atoms with Crippen LogP contribution in [0.15, 0.2) is 30.4 Å². The molecule has 1 N–H and O–H groups in total. The lowest BCUT2D eigenvalue weighted by Gasteiger charge is -2.30. The first-order valence-electron chi connectivity index (χ1n) is 10.8. The zero-order valence-electron chi connectivity index (χ0n) is 17.7. The Kier molecular flexibility index (Phi) is 7.69. The van der Waals surface area contributed by atoms with Crippen LogP contribution in [0.1, 0.15) is 73.7 Å². The molecule has 0 atom stereocenters. The van der Waals surface area contributed by atoms with Crippen molar-refractivity contribution in [3.05, 3.63) is 70.6 Å². The second-order valence-electron chi connectivity index (χ2n) is 8.29. The van der Waals surface area contributed by atoms with E-state index in [1.807, 2.05) is 13.0 Å². The van der Waals surface area contributed by atoms with Gasteiger partial charge in [-0.1, -0.05) is 18.6 Å². The van der Waals surface area contributed by atoms with Gasteiger partial charge in [-0.15, -0.1) is 0 Å². The largest absolute Gasteiger partial charge is 0.477 e. The standard InChI is InChI=1S/C25H25F5O2/c1-2-3-4-5-6-14-7-9-15(10-8-14)17-13-18(26)22(25(31)32)24(30)21(17)16-11-19(27)23(29)20(28)12-16/h2-3,11-15H,4-10H2,1H3,(H,31,32)/b3-2+/t14-,15-. The zero-order chi connectivity index (χ0) is 23.4. The molecule has 0 bridgehead atoms. The van der Waals surface area contributed by atoms with Crippen LogP contribution in [0, 0.1) is 35.0 Å². The van der Waals surface area contributed by atoms with Crippen molar-refractivity contribution in [1.82, 2.24) is 0 Å². The maximum absolute atomic E-state index is 15.2. The number of unbranched alkanes of at least 4 members (excludes halogenated alkanes) is 1. The van der Waals surface area contributed by atoms with E-state index in [2.05, 4.69) is 6.08 Å². The molecular formula is C25H25F5O2. The van der Waals surface area contributed by atoms with E-state index < -0.39 is 46.2 Å². The average Bonchev–Trinajstić information content (AvgIpc) is 2.74. The molecule has 32 heavy (non-hydrogen) atoms. The van der Waals surface area contributed by atoms with Crippen LogP contribution >= 0.6 is 0 Å². The van der Waals surface area contributed by atoms with Gasteiger partial charge in [0.2, 0.25) is 0 Å². The van der Waals surface area contributed by atoms with Gasteiger partial charge in [-0.05, 0) is 86.6 Å². The number of rotatable bonds is 7.